The first-order valence-corrected chi connectivity index (χ1v) is 8.11. The van der Waals surface area contributed by atoms with E-state index in [9.17, 15) is 8.96 Å². The van der Waals surface area contributed by atoms with Crippen LogP contribution in [0.4, 0.5) is 4.39 Å². The van der Waals surface area contributed by atoms with Crippen LogP contribution in [0.1, 0.15) is 25.3 Å². The summed E-state index contributed by atoms with van der Waals surface area (Å²) in [4.78, 5) is 0. The van der Waals surface area contributed by atoms with Crippen molar-refractivity contribution in [3.05, 3.63) is 59.9 Å². The van der Waals surface area contributed by atoms with Crippen molar-refractivity contribution < 1.29 is 18.0 Å². The van der Waals surface area contributed by atoms with E-state index in [1.807, 2.05) is 12.1 Å². The Hall–Kier alpha value is -1.84. The first kappa shape index (κ1) is 15.5. The van der Waals surface area contributed by atoms with E-state index in [2.05, 4.69) is 13.8 Å². The summed E-state index contributed by atoms with van der Waals surface area (Å²) in [5, 5.41) is 0. The summed E-state index contributed by atoms with van der Waals surface area (Å²) in [6, 6.07) is 12.6. The molecule has 0 spiro atoms. The summed E-state index contributed by atoms with van der Waals surface area (Å²) in [5.41, 5.74) is 6.61. The molecule has 6 heteroatoms. The van der Waals surface area contributed by atoms with Crippen molar-refractivity contribution in [2.24, 2.45) is 5.50 Å². The number of hydrogen-bond acceptors (Lipinski definition) is 3. The molecule has 0 aliphatic rings. The first-order chi connectivity index (χ1) is 9.87. The lowest BCUT2D eigenvalue weighted by Gasteiger charge is -2.16. The molecule has 2 aromatic rings. The molecule has 2 aromatic carbocycles. The number of nitrogens with two attached hydrogens (primary N) is 1. The third kappa shape index (κ3) is 4.31. The van der Waals surface area contributed by atoms with Crippen LogP contribution in [0.25, 0.3) is 0 Å². The van der Waals surface area contributed by atoms with Crippen LogP contribution in [-0.2, 0) is 4.57 Å². The molecule has 1 unspecified atom stereocenters. The van der Waals surface area contributed by atoms with Gasteiger partial charge in [0.05, 0.1) is 0 Å². The Morgan fingerprint density at radius 1 is 1.05 bits per heavy atom. The molecule has 0 aliphatic heterocycles. The summed E-state index contributed by atoms with van der Waals surface area (Å²) >= 11 is 0. The highest BCUT2D eigenvalue weighted by atomic mass is 31.2. The van der Waals surface area contributed by atoms with Gasteiger partial charge in [-0.05, 0) is 35.7 Å². The van der Waals surface area contributed by atoms with Crippen molar-refractivity contribution in [3.8, 4) is 11.5 Å². The Bertz CT molecular complexity index is 658. The molecule has 21 heavy (non-hydrogen) atoms. The lowest BCUT2D eigenvalue weighted by Crippen LogP contribution is -2.09. The number of para-hydroxylation sites is 1. The minimum Gasteiger partial charge on any atom is -0.405 e. The third-order valence-electron chi connectivity index (χ3n) is 2.84. The maximum Gasteiger partial charge on any atom is 0.510 e. The largest absolute Gasteiger partial charge is 0.510 e. The highest BCUT2D eigenvalue weighted by molar-refractivity contribution is 7.52. The van der Waals surface area contributed by atoms with Crippen molar-refractivity contribution in [1.82, 2.24) is 0 Å². The highest BCUT2D eigenvalue weighted by Crippen LogP contribution is 2.41. The van der Waals surface area contributed by atoms with Crippen LogP contribution in [-0.4, -0.2) is 0 Å². The SMILES string of the molecule is CC(C)c1ccc(OP(N)(=O)Oc2ccccc2F)cc1. The molecule has 0 radical (unpaired) electrons. The average Bonchev–Trinajstić information content (AvgIpc) is 2.41. The van der Waals surface area contributed by atoms with E-state index in [4.69, 9.17) is 14.6 Å². The zero-order chi connectivity index (χ0) is 15.5. The van der Waals surface area contributed by atoms with Crippen LogP contribution in [0.2, 0.25) is 0 Å². The molecule has 0 bridgehead atoms. The lowest BCUT2D eigenvalue weighted by molar-refractivity contribution is 0.377. The fourth-order valence-corrected chi connectivity index (χ4v) is 2.61. The van der Waals surface area contributed by atoms with E-state index in [0.717, 1.165) is 5.56 Å². The van der Waals surface area contributed by atoms with Crippen molar-refractivity contribution in [1.29, 1.82) is 0 Å². The molecule has 0 saturated heterocycles. The van der Waals surface area contributed by atoms with Crippen LogP contribution >= 0.6 is 7.75 Å². The number of benzene rings is 2. The number of halogens is 1. The first-order valence-electron chi connectivity index (χ1n) is 6.50. The number of rotatable bonds is 5. The Labute approximate surface area is 123 Å². The van der Waals surface area contributed by atoms with Gasteiger partial charge in [0.25, 0.3) is 0 Å². The van der Waals surface area contributed by atoms with E-state index in [1.54, 1.807) is 18.2 Å². The fraction of sp³-hybridized carbons (Fsp3) is 0.200. The Balaban J connectivity index is 2.10. The second kappa shape index (κ2) is 6.29. The zero-order valence-corrected chi connectivity index (χ0v) is 12.7. The molecule has 2 rings (SSSR count). The lowest BCUT2D eigenvalue weighted by atomic mass is 10.0. The topological polar surface area (TPSA) is 61.5 Å². The molecule has 0 saturated carbocycles. The van der Waals surface area contributed by atoms with E-state index >= 15 is 0 Å². The van der Waals surface area contributed by atoms with Gasteiger partial charge in [0, 0.05) is 0 Å². The highest BCUT2D eigenvalue weighted by Gasteiger charge is 2.23. The monoisotopic (exact) mass is 309 g/mol. The standard InChI is InChI=1S/C15H17FNO3P/c1-11(2)12-7-9-13(10-8-12)19-21(17,18)20-15-6-4-3-5-14(15)16/h3-11H,1-2H3,(H2,17,18). The van der Waals surface area contributed by atoms with Gasteiger partial charge >= 0.3 is 7.75 Å². The number of hydrogen-bond donors (Lipinski definition) is 1. The second-order valence-corrected chi connectivity index (χ2v) is 6.32. The smallest absolute Gasteiger partial charge is 0.405 e. The van der Waals surface area contributed by atoms with Gasteiger partial charge in [-0.1, -0.05) is 38.1 Å². The van der Waals surface area contributed by atoms with Crippen molar-refractivity contribution >= 4 is 7.75 Å². The van der Waals surface area contributed by atoms with Gasteiger partial charge in [0.2, 0.25) is 0 Å². The molecule has 112 valence electrons. The van der Waals surface area contributed by atoms with Gasteiger partial charge < -0.3 is 9.05 Å². The van der Waals surface area contributed by atoms with E-state index in [0.29, 0.717) is 11.7 Å². The maximum atomic E-state index is 13.4. The van der Waals surface area contributed by atoms with Crippen LogP contribution in [0.15, 0.2) is 48.5 Å². The molecule has 2 N–H and O–H groups in total. The molecule has 4 nitrogen and oxygen atoms in total. The van der Waals surface area contributed by atoms with Gasteiger partial charge in [0.1, 0.15) is 5.75 Å². The van der Waals surface area contributed by atoms with Gasteiger partial charge in [-0.15, -0.1) is 0 Å². The quantitative estimate of drug-likeness (QED) is 0.828. The van der Waals surface area contributed by atoms with Crippen LogP contribution in [0.5, 0.6) is 11.5 Å². The average molecular weight is 309 g/mol. The zero-order valence-electron chi connectivity index (χ0n) is 11.8. The van der Waals surface area contributed by atoms with E-state index < -0.39 is 13.6 Å². The molecule has 0 aliphatic carbocycles. The molecular weight excluding hydrogens is 292 g/mol. The molecule has 0 aromatic heterocycles. The molecule has 0 amide bonds. The maximum absolute atomic E-state index is 13.4. The molecule has 0 heterocycles. The Morgan fingerprint density at radius 3 is 2.24 bits per heavy atom. The summed E-state index contributed by atoms with van der Waals surface area (Å²) in [6.07, 6.45) is 0. The van der Waals surface area contributed by atoms with E-state index in [-0.39, 0.29) is 5.75 Å². The van der Waals surface area contributed by atoms with Crippen molar-refractivity contribution in [2.75, 3.05) is 0 Å². The summed E-state index contributed by atoms with van der Waals surface area (Å²) in [7, 11) is -3.94. The fourth-order valence-electron chi connectivity index (χ4n) is 1.73. The van der Waals surface area contributed by atoms with E-state index in [1.165, 1.54) is 18.2 Å². The van der Waals surface area contributed by atoms with Crippen LogP contribution in [0, 0.1) is 5.82 Å². The Kier molecular flexibility index (Phi) is 4.66. The minimum absolute atomic E-state index is 0.206. The van der Waals surface area contributed by atoms with Crippen LogP contribution < -0.4 is 14.6 Å². The molecule has 0 fully saturated rings. The van der Waals surface area contributed by atoms with Gasteiger partial charge in [-0.25, -0.2) is 14.5 Å². The second-order valence-electron chi connectivity index (χ2n) is 4.88. The summed E-state index contributed by atoms with van der Waals surface area (Å²) < 4.78 is 35.6. The van der Waals surface area contributed by atoms with Crippen molar-refractivity contribution in [2.45, 2.75) is 19.8 Å². The van der Waals surface area contributed by atoms with Crippen LogP contribution in [0.3, 0.4) is 0 Å². The third-order valence-corrected chi connectivity index (χ3v) is 3.76. The molecule has 1 atom stereocenters. The normalized spacial score (nSPS) is 13.8. The van der Waals surface area contributed by atoms with Crippen molar-refractivity contribution in [3.63, 3.8) is 0 Å². The van der Waals surface area contributed by atoms with Gasteiger partial charge in [-0.2, -0.15) is 0 Å². The predicted molar refractivity (Wildman–Crippen MR) is 80.0 cm³/mol. The summed E-state index contributed by atoms with van der Waals surface area (Å²) in [5.74, 6) is -0.177. The summed E-state index contributed by atoms with van der Waals surface area (Å²) in [6.45, 7) is 4.12. The van der Waals surface area contributed by atoms with Gasteiger partial charge in [-0.3, -0.25) is 0 Å². The molecular formula is C15H17FNO3P. The van der Waals surface area contributed by atoms with Gasteiger partial charge in [0.15, 0.2) is 11.6 Å². The minimum atomic E-state index is -3.94. The predicted octanol–water partition coefficient (Wildman–Crippen LogP) is 4.47. The Morgan fingerprint density at radius 2 is 1.67 bits per heavy atom.